The van der Waals surface area contributed by atoms with Crippen molar-refractivity contribution >= 4 is 57.1 Å². The second kappa shape index (κ2) is 20.3. The lowest BCUT2D eigenvalue weighted by atomic mass is 9.92. The molecule has 1 saturated heterocycles. The summed E-state index contributed by atoms with van der Waals surface area (Å²) in [6.07, 6.45) is -1.43. The van der Waals surface area contributed by atoms with Crippen molar-refractivity contribution in [1.29, 1.82) is 0 Å². The molecule has 56 heavy (non-hydrogen) atoms. The normalized spacial score (nSPS) is 16.8. The number of aliphatic hydroxyl groups is 1. The first kappa shape index (κ1) is 41.5. The van der Waals surface area contributed by atoms with Gasteiger partial charge in [-0.05, 0) is 86.0 Å². The first-order chi connectivity index (χ1) is 26.9. The summed E-state index contributed by atoms with van der Waals surface area (Å²) in [5.74, 6) is -0.718. The van der Waals surface area contributed by atoms with Gasteiger partial charge in [-0.1, -0.05) is 42.5 Å². The van der Waals surface area contributed by atoms with Crippen LogP contribution in [0.1, 0.15) is 42.4 Å². The Kier molecular flexibility index (Phi) is 15.1. The van der Waals surface area contributed by atoms with Crippen molar-refractivity contribution in [2.45, 2.75) is 64.3 Å². The Morgan fingerprint density at radius 2 is 1.52 bits per heavy atom. The van der Waals surface area contributed by atoms with E-state index in [4.69, 9.17) is 19.6 Å². The van der Waals surface area contributed by atoms with Gasteiger partial charge in [0, 0.05) is 51.2 Å². The highest BCUT2D eigenvalue weighted by Gasteiger charge is 2.35. The molecule has 5 rings (SSSR count). The van der Waals surface area contributed by atoms with Gasteiger partial charge in [-0.3, -0.25) is 30.2 Å². The van der Waals surface area contributed by atoms with Crippen molar-refractivity contribution in [3.63, 3.8) is 0 Å². The van der Waals surface area contributed by atoms with E-state index in [1.165, 1.54) is 12.1 Å². The van der Waals surface area contributed by atoms with Crippen LogP contribution in [0.2, 0.25) is 0 Å². The molecule has 3 aromatic carbocycles. The third-order valence-corrected chi connectivity index (χ3v) is 10.5. The number of rotatable bonds is 16. The Balaban J connectivity index is 1.19. The van der Waals surface area contributed by atoms with Crippen LogP contribution in [0.3, 0.4) is 0 Å². The van der Waals surface area contributed by atoms with Crippen LogP contribution in [0.25, 0.3) is 11.0 Å². The highest BCUT2D eigenvalue weighted by molar-refractivity contribution is 7.85. The highest BCUT2D eigenvalue weighted by atomic mass is 32.2. The predicted molar refractivity (Wildman–Crippen MR) is 210 cm³/mol. The molecule has 0 aliphatic carbocycles. The molecule has 1 unspecified atom stereocenters. The maximum atomic E-state index is 13.8. The van der Waals surface area contributed by atoms with Crippen LogP contribution in [0.5, 0.6) is 0 Å². The van der Waals surface area contributed by atoms with E-state index >= 15 is 0 Å². The number of carbonyl (C=O) groups is 4. The quantitative estimate of drug-likeness (QED) is 0.0492. The third-order valence-electron chi connectivity index (χ3n) is 9.12. The van der Waals surface area contributed by atoms with E-state index in [1.54, 1.807) is 55.5 Å². The Bertz CT molecular complexity index is 2050. The number of amides is 4. The van der Waals surface area contributed by atoms with Crippen molar-refractivity contribution < 1.29 is 42.4 Å². The van der Waals surface area contributed by atoms with Gasteiger partial charge in [0.25, 0.3) is 0 Å². The minimum Gasteiger partial charge on any atom is -0.445 e. The van der Waals surface area contributed by atoms with Gasteiger partial charge < -0.3 is 34.9 Å². The van der Waals surface area contributed by atoms with Crippen molar-refractivity contribution in [1.82, 2.24) is 16.0 Å². The standard InChI is InChI=1S/C39H46N6O10S/c1-24-20-33(46)55-32-21-29(13-14-30(24)32)43-38(50)53-23-26-9-11-28(12-10-26)42-35(47)31(8-5-17-41-37(40)49)44-36(48)34(27-15-18-56(52)19-16-27)45-39(51)54-22-25-6-3-2-4-7-25/h2-4,6-7,9-14,20-21,27,31,34,37,41,49H,5,8,15-19,22-23,40H2,1H3,(H,42,47)(H,43,50)(H,44,48)(H,45,51)/t27?,31-,34-,37?,56?/m0/s1. The molecule has 0 saturated carbocycles. The second-order valence-corrected chi connectivity index (χ2v) is 15.0. The third kappa shape index (κ3) is 12.7. The fourth-order valence-corrected chi connectivity index (χ4v) is 7.48. The molecule has 0 bridgehead atoms. The predicted octanol–water partition coefficient (Wildman–Crippen LogP) is 3.33. The molecule has 4 aromatic rings. The molecule has 1 aliphatic rings. The number of nitrogens with two attached hydrogens (primary N) is 1. The largest absolute Gasteiger partial charge is 0.445 e. The Hall–Kier alpha value is -5.62. The van der Waals surface area contributed by atoms with E-state index in [-0.39, 0.29) is 32.1 Å². The minimum atomic E-state index is -1.26. The molecule has 1 aliphatic heterocycles. The van der Waals surface area contributed by atoms with E-state index in [2.05, 4.69) is 26.6 Å². The number of fused-ring (bicyclic) bond motifs is 1. The molecule has 3 atom stereocenters. The molecule has 8 N–H and O–H groups in total. The molecular weight excluding hydrogens is 745 g/mol. The Morgan fingerprint density at radius 1 is 0.857 bits per heavy atom. The molecular formula is C39H46N6O10S. The maximum absolute atomic E-state index is 13.8. The number of hydrogen-bond acceptors (Lipinski definition) is 12. The summed E-state index contributed by atoms with van der Waals surface area (Å²) in [4.78, 5) is 64.6. The first-order valence-electron chi connectivity index (χ1n) is 18.1. The molecule has 16 nitrogen and oxygen atoms in total. The van der Waals surface area contributed by atoms with E-state index in [0.29, 0.717) is 53.3 Å². The highest BCUT2D eigenvalue weighted by Crippen LogP contribution is 2.23. The van der Waals surface area contributed by atoms with Gasteiger partial charge in [0.1, 0.15) is 30.9 Å². The van der Waals surface area contributed by atoms with Gasteiger partial charge in [-0.25, -0.2) is 14.4 Å². The summed E-state index contributed by atoms with van der Waals surface area (Å²) >= 11 is 0. The lowest BCUT2D eigenvalue weighted by molar-refractivity contribution is -0.129. The number of aliphatic hydroxyl groups excluding tert-OH is 1. The smallest absolute Gasteiger partial charge is 0.411 e. The number of hydrogen-bond donors (Lipinski definition) is 7. The van der Waals surface area contributed by atoms with Crippen LogP contribution in [0, 0.1) is 12.8 Å². The fourth-order valence-electron chi connectivity index (χ4n) is 6.14. The molecule has 1 aromatic heterocycles. The first-order valence-corrected chi connectivity index (χ1v) is 19.6. The molecule has 2 heterocycles. The van der Waals surface area contributed by atoms with Gasteiger partial charge >= 0.3 is 17.8 Å². The average Bonchev–Trinajstić information content (AvgIpc) is 3.17. The van der Waals surface area contributed by atoms with E-state index in [9.17, 15) is 33.3 Å². The van der Waals surface area contributed by atoms with Crippen LogP contribution < -0.4 is 37.9 Å². The van der Waals surface area contributed by atoms with Crippen molar-refractivity contribution in [3.8, 4) is 0 Å². The second-order valence-electron chi connectivity index (χ2n) is 13.3. The van der Waals surface area contributed by atoms with Gasteiger partial charge in [0.2, 0.25) is 11.8 Å². The molecule has 298 valence electrons. The van der Waals surface area contributed by atoms with Crippen LogP contribution in [-0.2, 0) is 43.1 Å². The molecule has 0 radical (unpaired) electrons. The summed E-state index contributed by atoms with van der Waals surface area (Å²) in [5.41, 5.74) is 8.14. The maximum Gasteiger partial charge on any atom is 0.411 e. The molecule has 0 spiro atoms. The van der Waals surface area contributed by atoms with Crippen molar-refractivity contribution in [2.75, 3.05) is 28.7 Å². The number of ether oxygens (including phenoxy) is 2. The Labute approximate surface area is 325 Å². The zero-order valence-electron chi connectivity index (χ0n) is 30.8. The topological polar surface area (TPSA) is 240 Å². The number of benzene rings is 3. The number of carbonyl (C=O) groups excluding carboxylic acids is 4. The summed E-state index contributed by atoms with van der Waals surface area (Å²) in [6.45, 7) is 1.94. The number of nitrogens with one attached hydrogen (secondary N) is 5. The fraction of sp³-hybridized carbons (Fsp3) is 0.359. The molecule has 17 heteroatoms. The summed E-state index contributed by atoms with van der Waals surface area (Å²) in [7, 11) is -1.02. The zero-order valence-corrected chi connectivity index (χ0v) is 31.6. The van der Waals surface area contributed by atoms with E-state index < -0.39 is 58.9 Å². The summed E-state index contributed by atoms with van der Waals surface area (Å²) < 4.78 is 28.1. The van der Waals surface area contributed by atoms with Gasteiger partial charge in [0.05, 0.1) is 0 Å². The van der Waals surface area contributed by atoms with Gasteiger partial charge in [0.15, 0.2) is 6.35 Å². The number of alkyl carbamates (subject to hydrolysis) is 1. The van der Waals surface area contributed by atoms with Crippen LogP contribution in [0.15, 0.2) is 88.1 Å². The SMILES string of the molecule is Cc1cc(=O)oc2cc(NC(=O)OCc3ccc(NC(=O)[C@H](CCCNC(N)O)NC(=O)[C@@H](NC(=O)OCc4ccccc4)C4CCS(=O)CC4)cc3)ccc12. The summed E-state index contributed by atoms with van der Waals surface area (Å²) in [6, 6.07) is 19.8. The number of aryl methyl sites for hydroxylation is 1. The minimum absolute atomic E-state index is 0.00813. The lowest BCUT2D eigenvalue weighted by Gasteiger charge is -2.31. The average molecular weight is 791 g/mol. The van der Waals surface area contributed by atoms with E-state index in [0.717, 1.165) is 16.5 Å². The lowest BCUT2D eigenvalue weighted by Crippen LogP contribution is -2.56. The van der Waals surface area contributed by atoms with E-state index in [1.807, 2.05) is 18.2 Å². The van der Waals surface area contributed by atoms with Crippen molar-refractivity contribution in [3.05, 3.63) is 106 Å². The molecule has 4 amide bonds. The summed E-state index contributed by atoms with van der Waals surface area (Å²) in [5, 5.41) is 23.7. The van der Waals surface area contributed by atoms with Gasteiger partial charge in [-0.15, -0.1) is 0 Å². The monoisotopic (exact) mass is 790 g/mol. The Morgan fingerprint density at radius 3 is 2.21 bits per heavy atom. The van der Waals surface area contributed by atoms with Crippen LogP contribution >= 0.6 is 0 Å². The number of anilines is 2. The molecule has 1 fully saturated rings. The van der Waals surface area contributed by atoms with Crippen LogP contribution in [0.4, 0.5) is 21.0 Å². The van der Waals surface area contributed by atoms with Crippen molar-refractivity contribution in [2.24, 2.45) is 11.7 Å². The van der Waals surface area contributed by atoms with Crippen LogP contribution in [-0.4, -0.2) is 69.8 Å². The van der Waals surface area contributed by atoms with Gasteiger partial charge in [-0.2, -0.15) is 0 Å². The zero-order chi connectivity index (χ0) is 40.0.